The topological polar surface area (TPSA) is 38.8 Å². The Bertz CT molecular complexity index is 278. The van der Waals surface area contributed by atoms with Crippen LogP contribution < -0.4 is 0 Å². The molecular formula is C14H27NO3. The molecule has 2 atom stereocenters. The Labute approximate surface area is 111 Å². The molecule has 0 heterocycles. The first-order chi connectivity index (χ1) is 8.41. The Morgan fingerprint density at radius 1 is 1.44 bits per heavy atom. The second-order valence-corrected chi connectivity index (χ2v) is 5.67. The zero-order valence-electron chi connectivity index (χ0n) is 12.4. The number of ether oxygens (including phenoxy) is 2. The van der Waals surface area contributed by atoms with Gasteiger partial charge in [0.1, 0.15) is 0 Å². The zero-order chi connectivity index (χ0) is 13.8. The van der Waals surface area contributed by atoms with Crippen LogP contribution in [0.4, 0.5) is 0 Å². The van der Waals surface area contributed by atoms with Gasteiger partial charge in [0.2, 0.25) is 0 Å². The van der Waals surface area contributed by atoms with Gasteiger partial charge in [-0.3, -0.25) is 4.79 Å². The fourth-order valence-electron chi connectivity index (χ4n) is 2.56. The van der Waals surface area contributed by atoms with E-state index in [9.17, 15) is 4.79 Å². The molecule has 0 N–H and O–H groups in total. The summed E-state index contributed by atoms with van der Waals surface area (Å²) >= 11 is 0. The predicted molar refractivity (Wildman–Crippen MR) is 71.5 cm³/mol. The largest absolute Gasteiger partial charge is 0.466 e. The quantitative estimate of drug-likeness (QED) is 0.683. The average molecular weight is 257 g/mol. The summed E-state index contributed by atoms with van der Waals surface area (Å²) in [5, 5.41) is 0. The van der Waals surface area contributed by atoms with Gasteiger partial charge in [0.05, 0.1) is 25.2 Å². The number of carbonyl (C=O) groups excluding carboxylic acids is 1. The van der Waals surface area contributed by atoms with E-state index in [1.165, 1.54) is 0 Å². The molecule has 1 fully saturated rings. The van der Waals surface area contributed by atoms with E-state index in [4.69, 9.17) is 9.47 Å². The summed E-state index contributed by atoms with van der Waals surface area (Å²) in [5.41, 5.74) is -0.0122. The molecule has 0 radical (unpaired) electrons. The third kappa shape index (κ3) is 3.69. The van der Waals surface area contributed by atoms with Crippen LogP contribution in [0, 0.1) is 5.92 Å². The first-order valence-corrected chi connectivity index (χ1v) is 6.87. The van der Waals surface area contributed by atoms with Crippen LogP contribution in [0.15, 0.2) is 0 Å². The number of likely N-dealkylation sites (N-methyl/N-ethyl adjacent to an activating group) is 1. The van der Waals surface area contributed by atoms with Crippen LogP contribution in [0.25, 0.3) is 0 Å². The Kier molecular flexibility index (Phi) is 5.60. The number of carbonyl (C=O) groups is 1. The highest BCUT2D eigenvalue weighted by Gasteiger charge is 2.44. The van der Waals surface area contributed by atoms with Crippen molar-refractivity contribution in [3.05, 3.63) is 0 Å². The minimum absolute atomic E-state index is 0.0122. The Morgan fingerprint density at radius 2 is 2.11 bits per heavy atom. The van der Waals surface area contributed by atoms with Gasteiger partial charge >= 0.3 is 5.97 Å². The summed E-state index contributed by atoms with van der Waals surface area (Å²) in [6.07, 6.45) is 2.96. The van der Waals surface area contributed by atoms with Gasteiger partial charge in [0.15, 0.2) is 0 Å². The number of rotatable bonds is 6. The van der Waals surface area contributed by atoms with E-state index < -0.39 is 0 Å². The highest BCUT2D eigenvalue weighted by atomic mass is 16.5. The summed E-state index contributed by atoms with van der Waals surface area (Å²) in [7, 11) is 4.13. The van der Waals surface area contributed by atoms with E-state index in [0.29, 0.717) is 13.2 Å². The molecule has 1 aliphatic rings. The summed E-state index contributed by atoms with van der Waals surface area (Å²) in [4.78, 5) is 14.0. The van der Waals surface area contributed by atoms with E-state index in [1.807, 2.05) is 20.8 Å². The van der Waals surface area contributed by atoms with Crippen LogP contribution in [0.3, 0.4) is 0 Å². The van der Waals surface area contributed by atoms with Crippen molar-refractivity contribution >= 4 is 5.97 Å². The van der Waals surface area contributed by atoms with Crippen molar-refractivity contribution in [1.82, 2.24) is 4.90 Å². The lowest BCUT2D eigenvalue weighted by Crippen LogP contribution is -2.47. The van der Waals surface area contributed by atoms with Gasteiger partial charge in [-0.05, 0) is 54.1 Å². The normalized spacial score (nSPS) is 28.1. The van der Waals surface area contributed by atoms with Crippen molar-refractivity contribution in [3.63, 3.8) is 0 Å². The molecule has 0 aromatic heterocycles. The summed E-state index contributed by atoms with van der Waals surface area (Å²) < 4.78 is 10.9. The fourth-order valence-corrected chi connectivity index (χ4v) is 2.56. The number of hydrogen-bond acceptors (Lipinski definition) is 4. The molecule has 0 bridgehead atoms. The zero-order valence-corrected chi connectivity index (χ0v) is 12.4. The van der Waals surface area contributed by atoms with Gasteiger partial charge in [-0.2, -0.15) is 0 Å². The summed E-state index contributed by atoms with van der Waals surface area (Å²) in [5.74, 6) is -0.0196. The van der Waals surface area contributed by atoms with Gasteiger partial charge < -0.3 is 14.4 Å². The van der Waals surface area contributed by atoms with Crippen LogP contribution in [-0.2, 0) is 14.3 Å². The lowest BCUT2D eigenvalue weighted by atomic mass is 9.95. The highest BCUT2D eigenvalue weighted by molar-refractivity contribution is 5.73. The van der Waals surface area contributed by atoms with E-state index in [2.05, 4.69) is 19.0 Å². The molecule has 106 valence electrons. The van der Waals surface area contributed by atoms with Crippen molar-refractivity contribution in [1.29, 1.82) is 0 Å². The van der Waals surface area contributed by atoms with Crippen LogP contribution in [-0.4, -0.2) is 49.8 Å². The molecule has 1 aliphatic carbocycles. The summed E-state index contributed by atoms with van der Waals surface area (Å²) in [6, 6.07) is 0. The van der Waals surface area contributed by atoms with Crippen LogP contribution in [0.1, 0.15) is 40.0 Å². The second-order valence-electron chi connectivity index (χ2n) is 5.67. The van der Waals surface area contributed by atoms with Crippen molar-refractivity contribution in [2.75, 3.05) is 27.3 Å². The van der Waals surface area contributed by atoms with Gasteiger partial charge in [-0.25, -0.2) is 0 Å². The first kappa shape index (κ1) is 15.4. The molecule has 18 heavy (non-hydrogen) atoms. The Morgan fingerprint density at radius 3 is 2.61 bits per heavy atom. The van der Waals surface area contributed by atoms with E-state index >= 15 is 0 Å². The lowest BCUT2D eigenvalue weighted by molar-refractivity contribution is -0.148. The van der Waals surface area contributed by atoms with Crippen LogP contribution >= 0.6 is 0 Å². The van der Waals surface area contributed by atoms with E-state index in [-0.39, 0.29) is 23.5 Å². The smallest absolute Gasteiger partial charge is 0.308 e. The average Bonchev–Trinajstić information content (AvgIpc) is 2.72. The maximum Gasteiger partial charge on any atom is 0.308 e. The molecule has 1 saturated carbocycles. The van der Waals surface area contributed by atoms with Gasteiger partial charge in [-0.15, -0.1) is 0 Å². The van der Waals surface area contributed by atoms with Crippen molar-refractivity contribution < 1.29 is 14.3 Å². The van der Waals surface area contributed by atoms with Crippen molar-refractivity contribution in [3.8, 4) is 0 Å². The highest BCUT2D eigenvalue weighted by Crippen LogP contribution is 2.39. The molecule has 0 saturated heterocycles. The molecule has 4 nitrogen and oxygen atoms in total. The molecule has 2 unspecified atom stereocenters. The number of hydrogen-bond donors (Lipinski definition) is 0. The first-order valence-electron chi connectivity index (χ1n) is 6.87. The molecule has 0 amide bonds. The molecule has 0 aliphatic heterocycles. The lowest BCUT2D eigenvalue weighted by Gasteiger charge is -2.36. The minimum Gasteiger partial charge on any atom is -0.466 e. The maximum atomic E-state index is 11.8. The van der Waals surface area contributed by atoms with Gasteiger partial charge in [-0.1, -0.05) is 0 Å². The van der Waals surface area contributed by atoms with Crippen LogP contribution in [0.5, 0.6) is 0 Å². The summed E-state index contributed by atoms with van der Waals surface area (Å²) in [6.45, 7) is 7.09. The molecule has 4 heteroatoms. The Hall–Kier alpha value is -0.610. The van der Waals surface area contributed by atoms with Crippen molar-refractivity contribution in [2.45, 2.75) is 51.7 Å². The third-order valence-electron chi connectivity index (χ3n) is 3.84. The molecule has 0 spiro atoms. The fraction of sp³-hybridized carbons (Fsp3) is 0.929. The monoisotopic (exact) mass is 257 g/mol. The molecular weight excluding hydrogens is 230 g/mol. The van der Waals surface area contributed by atoms with E-state index in [1.54, 1.807) is 0 Å². The molecule has 0 aromatic rings. The predicted octanol–water partition coefficient (Wildman–Crippen LogP) is 2.08. The SMILES string of the molecule is CCOC(=O)C1CCC(COC(C)C)(N(C)C)C1. The molecule has 1 rings (SSSR count). The van der Waals surface area contributed by atoms with Crippen LogP contribution in [0.2, 0.25) is 0 Å². The number of nitrogens with zero attached hydrogens (tertiary/aromatic N) is 1. The number of esters is 1. The maximum absolute atomic E-state index is 11.8. The van der Waals surface area contributed by atoms with Gasteiger partial charge in [0, 0.05) is 5.54 Å². The Balaban J connectivity index is 2.63. The standard InChI is InChI=1S/C14H27NO3/c1-6-17-13(16)12-7-8-14(9-12,15(4)5)10-18-11(2)3/h11-12H,6-10H2,1-5H3. The third-order valence-corrected chi connectivity index (χ3v) is 3.84. The second kappa shape index (κ2) is 6.53. The van der Waals surface area contributed by atoms with Crippen molar-refractivity contribution in [2.24, 2.45) is 5.92 Å². The van der Waals surface area contributed by atoms with E-state index in [0.717, 1.165) is 19.3 Å². The minimum atomic E-state index is -0.0502. The van der Waals surface area contributed by atoms with Gasteiger partial charge in [0.25, 0.3) is 0 Å². The molecule has 0 aromatic carbocycles.